The number of carboxylic acid groups (broad SMARTS) is 1. The number of aryl methyl sites for hydroxylation is 2. The number of carboxylic acids is 1. The predicted octanol–water partition coefficient (Wildman–Crippen LogP) is 1.73. The molecule has 1 aliphatic rings. The second-order valence-electron chi connectivity index (χ2n) is 5.40. The first kappa shape index (κ1) is 13.1. The topological polar surface area (TPSA) is 58.4 Å². The summed E-state index contributed by atoms with van der Waals surface area (Å²) in [5.41, 5.74) is 1.35. The van der Waals surface area contributed by atoms with E-state index < -0.39 is 11.5 Å². The van der Waals surface area contributed by atoms with Gasteiger partial charge in [0.2, 0.25) is 0 Å². The molecule has 0 bridgehead atoms. The number of hydrogen-bond acceptors (Lipinski definition) is 3. The molecule has 1 aliphatic heterocycles. The Morgan fingerprint density at radius 1 is 1.61 bits per heavy atom. The quantitative estimate of drug-likeness (QED) is 0.888. The molecule has 0 amide bonds. The summed E-state index contributed by atoms with van der Waals surface area (Å²) < 4.78 is 1.79. The van der Waals surface area contributed by atoms with Gasteiger partial charge in [-0.1, -0.05) is 0 Å². The van der Waals surface area contributed by atoms with Crippen molar-refractivity contribution in [3.8, 4) is 0 Å². The Labute approximate surface area is 107 Å². The molecular weight excluding hydrogens is 230 g/mol. The standard InChI is InChI=1S/C13H21N3O2/c1-9-11(8-15(4)14-9)10(2)16-7-5-6-13(16,3)12(17)18/h8,10H,5-7H2,1-4H3,(H,17,18). The zero-order valence-corrected chi connectivity index (χ0v) is 11.5. The van der Waals surface area contributed by atoms with Crippen LogP contribution in [0.5, 0.6) is 0 Å². The summed E-state index contributed by atoms with van der Waals surface area (Å²) >= 11 is 0. The number of nitrogens with zero attached hydrogens (tertiary/aromatic N) is 3. The number of likely N-dealkylation sites (tertiary alicyclic amines) is 1. The average Bonchev–Trinajstić information content (AvgIpc) is 2.82. The van der Waals surface area contributed by atoms with Crippen LogP contribution in [0.1, 0.15) is 44.0 Å². The third kappa shape index (κ3) is 1.92. The Bertz CT molecular complexity index is 469. The molecule has 1 aromatic rings. The van der Waals surface area contributed by atoms with Crippen molar-refractivity contribution in [1.29, 1.82) is 0 Å². The Morgan fingerprint density at radius 2 is 2.28 bits per heavy atom. The van der Waals surface area contributed by atoms with E-state index in [1.165, 1.54) is 0 Å². The van der Waals surface area contributed by atoms with Crippen molar-refractivity contribution in [1.82, 2.24) is 14.7 Å². The minimum Gasteiger partial charge on any atom is -0.480 e. The zero-order valence-electron chi connectivity index (χ0n) is 11.5. The van der Waals surface area contributed by atoms with Gasteiger partial charge in [0.1, 0.15) is 5.54 Å². The summed E-state index contributed by atoms with van der Waals surface area (Å²) in [7, 11) is 1.89. The number of rotatable bonds is 3. The Morgan fingerprint density at radius 3 is 2.78 bits per heavy atom. The number of aromatic nitrogens is 2. The van der Waals surface area contributed by atoms with Crippen molar-refractivity contribution < 1.29 is 9.90 Å². The average molecular weight is 251 g/mol. The highest BCUT2D eigenvalue weighted by Gasteiger charge is 2.45. The highest BCUT2D eigenvalue weighted by atomic mass is 16.4. The summed E-state index contributed by atoms with van der Waals surface area (Å²) in [6.07, 6.45) is 3.64. The maximum absolute atomic E-state index is 11.5. The molecule has 100 valence electrons. The molecule has 5 nitrogen and oxygen atoms in total. The number of carbonyl (C=O) groups is 1. The second kappa shape index (κ2) is 4.39. The van der Waals surface area contributed by atoms with Gasteiger partial charge in [-0.05, 0) is 40.2 Å². The van der Waals surface area contributed by atoms with Gasteiger partial charge in [0.15, 0.2) is 0 Å². The Balaban J connectivity index is 2.31. The monoisotopic (exact) mass is 251 g/mol. The van der Waals surface area contributed by atoms with E-state index in [0.29, 0.717) is 6.42 Å². The van der Waals surface area contributed by atoms with Crippen LogP contribution in [0.15, 0.2) is 6.20 Å². The fourth-order valence-electron chi connectivity index (χ4n) is 3.03. The van der Waals surface area contributed by atoms with Crippen LogP contribution in [-0.4, -0.2) is 37.8 Å². The highest BCUT2D eigenvalue weighted by Crippen LogP contribution is 2.37. The third-order valence-electron chi connectivity index (χ3n) is 4.13. The first-order valence-corrected chi connectivity index (χ1v) is 6.36. The summed E-state index contributed by atoms with van der Waals surface area (Å²) in [5, 5.41) is 13.8. The Hall–Kier alpha value is -1.36. The number of hydrogen-bond donors (Lipinski definition) is 1. The van der Waals surface area contributed by atoms with Crippen molar-refractivity contribution in [2.45, 2.75) is 45.2 Å². The second-order valence-corrected chi connectivity index (χ2v) is 5.40. The van der Waals surface area contributed by atoms with Crippen molar-refractivity contribution in [3.63, 3.8) is 0 Å². The van der Waals surface area contributed by atoms with Crippen molar-refractivity contribution >= 4 is 5.97 Å². The van der Waals surface area contributed by atoms with Crippen LogP contribution >= 0.6 is 0 Å². The Kier molecular flexibility index (Phi) is 3.19. The fourth-order valence-corrected chi connectivity index (χ4v) is 3.03. The van der Waals surface area contributed by atoms with Crippen molar-refractivity contribution in [2.75, 3.05) is 6.54 Å². The van der Waals surface area contributed by atoms with Crippen molar-refractivity contribution in [2.24, 2.45) is 7.05 Å². The van der Waals surface area contributed by atoms with E-state index in [1.54, 1.807) is 4.68 Å². The van der Waals surface area contributed by atoms with E-state index >= 15 is 0 Å². The fraction of sp³-hybridized carbons (Fsp3) is 0.692. The smallest absolute Gasteiger partial charge is 0.323 e. The molecule has 18 heavy (non-hydrogen) atoms. The van der Waals surface area contributed by atoms with Gasteiger partial charge in [-0.3, -0.25) is 14.4 Å². The van der Waals surface area contributed by atoms with Crippen LogP contribution in [0.2, 0.25) is 0 Å². The molecule has 5 heteroatoms. The van der Waals surface area contributed by atoms with Gasteiger partial charge in [-0.2, -0.15) is 5.10 Å². The molecule has 2 unspecified atom stereocenters. The summed E-state index contributed by atoms with van der Waals surface area (Å²) in [5.74, 6) is -0.728. The molecule has 0 spiro atoms. The summed E-state index contributed by atoms with van der Waals surface area (Å²) in [6, 6.07) is 0.0855. The largest absolute Gasteiger partial charge is 0.480 e. The van der Waals surface area contributed by atoms with Gasteiger partial charge in [0.25, 0.3) is 0 Å². The summed E-state index contributed by atoms with van der Waals surface area (Å²) in [4.78, 5) is 13.6. The predicted molar refractivity (Wildman–Crippen MR) is 68.3 cm³/mol. The number of aliphatic carboxylic acids is 1. The molecule has 2 rings (SSSR count). The van der Waals surface area contributed by atoms with Gasteiger partial charge in [-0.25, -0.2) is 0 Å². The van der Waals surface area contributed by atoms with E-state index in [0.717, 1.165) is 24.2 Å². The third-order valence-corrected chi connectivity index (χ3v) is 4.13. The van der Waals surface area contributed by atoms with Crippen LogP contribution in [0, 0.1) is 6.92 Å². The molecule has 1 N–H and O–H groups in total. The zero-order chi connectivity index (χ0) is 13.5. The highest BCUT2D eigenvalue weighted by molar-refractivity contribution is 5.78. The van der Waals surface area contributed by atoms with Crippen molar-refractivity contribution in [3.05, 3.63) is 17.5 Å². The van der Waals surface area contributed by atoms with Gasteiger partial charge in [0, 0.05) is 24.8 Å². The molecule has 0 radical (unpaired) electrons. The SMILES string of the molecule is Cc1nn(C)cc1C(C)N1CCCC1(C)C(=O)O. The van der Waals surface area contributed by atoms with E-state index in [4.69, 9.17) is 0 Å². The molecule has 1 fully saturated rings. The van der Waals surface area contributed by atoms with E-state index in [-0.39, 0.29) is 6.04 Å². The molecule has 0 aliphatic carbocycles. The van der Waals surface area contributed by atoms with Gasteiger partial charge < -0.3 is 5.11 Å². The van der Waals surface area contributed by atoms with Crippen LogP contribution in [0.4, 0.5) is 0 Å². The van der Waals surface area contributed by atoms with E-state index in [9.17, 15) is 9.90 Å². The molecule has 1 saturated heterocycles. The van der Waals surface area contributed by atoms with Crippen LogP contribution in [0.25, 0.3) is 0 Å². The lowest BCUT2D eigenvalue weighted by atomic mass is 9.96. The molecule has 2 atom stereocenters. The van der Waals surface area contributed by atoms with E-state index in [1.807, 2.05) is 27.1 Å². The molecule has 0 aromatic carbocycles. The minimum absolute atomic E-state index is 0.0855. The van der Waals surface area contributed by atoms with Crippen LogP contribution in [0.3, 0.4) is 0 Å². The molecule has 1 aromatic heterocycles. The van der Waals surface area contributed by atoms with Gasteiger partial charge in [0.05, 0.1) is 5.69 Å². The minimum atomic E-state index is -0.748. The van der Waals surface area contributed by atoms with Gasteiger partial charge >= 0.3 is 5.97 Å². The lowest BCUT2D eigenvalue weighted by Crippen LogP contribution is -2.48. The first-order chi connectivity index (χ1) is 8.36. The van der Waals surface area contributed by atoms with Gasteiger partial charge in [-0.15, -0.1) is 0 Å². The molecule has 2 heterocycles. The first-order valence-electron chi connectivity index (χ1n) is 6.36. The maximum Gasteiger partial charge on any atom is 0.323 e. The normalized spacial score (nSPS) is 26.4. The van der Waals surface area contributed by atoms with Crippen LogP contribution < -0.4 is 0 Å². The summed E-state index contributed by atoms with van der Waals surface area (Å²) in [6.45, 7) is 6.69. The van der Waals surface area contributed by atoms with Crippen LogP contribution in [-0.2, 0) is 11.8 Å². The molecule has 0 saturated carbocycles. The van der Waals surface area contributed by atoms with E-state index in [2.05, 4.69) is 16.9 Å². The molecular formula is C13H21N3O2. The lowest BCUT2D eigenvalue weighted by molar-refractivity contribution is -0.149. The lowest BCUT2D eigenvalue weighted by Gasteiger charge is -2.36. The maximum atomic E-state index is 11.5.